The predicted octanol–water partition coefficient (Wildman–Crippen LogP) is 2.75. The molecule has 1 N–H and O–H groups in total. The Kier molecular flexibility index (Phi) is 6.51. The van der Waals surface area contributed by atoms with E-state index in [0.29, 0.717) is 23.1 Å². The lowest BCUT2D eigenvalue weighted by atomic mass is 10.2. The molecule has 2 aromatic carbocycles. The number of benzene rings is 2. The lowest BCUT2D eigenvalue weighted by molar-refractivity contribution is -0.116. The van der Waals surface area contributed by atoms with E-state index in [4.69, 9.17) is 16.3 Å². The van der Waals surface area contributed by atoms with E-state index < -0.39 is 23.7 Å². The van der Waals surface area contributed by atoms with Crippen LogP contribution in [0.1, 0.15) is 12.5 Å². The van der Waals surface area contributed by atoms with E-state index in [1.54, 1.807) is 42.5 Å². The molecule has 7 nitrogen and oxygen atoms in total. The number of ether oxygens (including phenoxy) is 1. The minimum atomic E-state index is -0.584. The van der Waals surface area contributed by atoms with Crippen molar-refractivity contribution in [2.45, 2.75) is 20.0 Å². The van der Waals surface area contributed by atoms with Crippen molar-refractivity contribution in [2.75, 3.05) is 11.9 Å². The smallest absolute Gasteiger partial charge is 0.331 e. The lowest BCUT2D eigenvalue weighted by Gasteiger charge is -2.11. The Hall–Kier alpha value is -3.32. The summed E-state index contributed by atoms with van der Waals surface area (Å²) in [6.45, 7) is 2.22. The molecule has 0 unspecified atom stereocenters. The van der Waals surface area contributed by atoms with E-state index >= 15 is 0 Å². The summed E-state index contributed by atoms with van der Waals surface area (Å²) >= 11 is 6.15. The van der Waals surface area contributed by atoms with Crippen LogP contribution in [0, 0.1) is 0 Å². The molecule has 0 saturated heterocycles. The van der Waals surface area contributed by atoms with Crippen LogP contribution in [-0.2, 0) is 17.9 Å². The van der Waals surface area contributed by atoms with Gasteiger partial charge in [0.2, 0.25) is 5.91 Å². The number of hydrogen-bond acceptors (Lipinski definition) is 4. The highest BCUT2D eigenvalue weighted by Crippen LogP contribution is 2.16. The number of amides is 1. The summed E-state index contributed by atoms with van der Waals surface area (Å²) in [5.74, 6) is 0.205. The first-order valence-corrected chi connectivity index (χ1v) is 9.42. The Bertz CT molecular complexity index is 1120. The van der Waals surface area contributed by atoms with Crippen molar-refractivity contribution >= 4 is 23.2 Å². The second-order valence-electron chi connectivity index (χ2n) is 6.25. The number of halogens is 1. The molecule has 0 bridgehead atoms. The van der Waals surface area contributed by atoms with Crippen LogP contribution in [0.5, 0.6) is 5.75 Å². The highest BCUT2D eigenvalue weighted by Gasteiger charge is 2.11. The maximum Gasteiger partial charge on any atom is 0.331 e. The van der Waals surface area contributed by atoms with Gasteiger partial charge in [0.15, 0.2) is 0 Å². The normalized spacial score (nSPS) is 10.6. The summed E-state index contributed by atoms with van der Waals surface area (Å²) in [4.78, 5) is 37.2. The van der Waals surface area contributed by atoms with E-state index in [9.17, 15) is 14.4 Å². The van der Waals surface area contributed by atoms with Gasteiger partial charge in [-0.25, -0.2) is 4.79 Å². The average molecular weight is 414 g/mol. The maximum atomic E-state index is 12.7. The number of hydrogen-bond donors (Lipinski definition) is 1. The zero-order chi connectivity index (χ0) is 20.8. The molecule has 0 fully saturated rings. The van der Waals surface area contributed by atoms with E-state index in [1.165, 1.54) is 16.8 Å². The standard InChI is InChI=1S/C21H20ClN3O4/c1-2-29-17-9-7-16(8-10-17)23-19(26)14-25-20(27)11-12-24(21(25)28)13-15-5-3-4-6-18(15)22/h3-12H,2,13-14H2,1H3,(H,23,26). The van der Waals surface area contributed by atoms with Gasteiger partial charge in [-0.05, 0) is 42.8 Å². The molecule has 150 valence electrons. The largest absolute Gasteiger partial charge is 0.494 e. The number of aromatic nitrogens is 2. The minimum absolute atomic E-state index is 0.194. The van der Waals surface area contributed by atoms with Crippen LogP contribution in [-0.4, -0.2) is 21.6 Å². The molecule has 0 aliphatic rings. The number of carbonyl (C=O) groups is 1. The second-order valence-corrected chi connectivity index (χ2v) is 6.65. The lowest BCUT2D eigenvalue weighted by Crippen LogP contribution is -2.41. The van der Waals surface area contributed by atoms with Crippen LogP contribution in [0.2, 0.25) is 5.02 Å². The molecule has 1 heterocycles. The summed E-state index contributed by atoms with van der Waals surface area (Å²) < 4.78 is 7.58. The van der Waals surface area contributed by atoms with Gasteiger partial charge in [0.1, 0.15) is 12.3 Å². The highest BCUT2D eigenvalue weighted by molar-refractivity contribution is 6.31. The first-order valence-electron chi connectivity index (χ1n) is 9.04. The van der Waals surface area contributed by atoms with Crippen molar-refractivity contribution < 1.29 is 9.53 Å². The molecular formula is C21H20ClN3O4. The maximum absolute atomic E-state index is 12.7. The number of anilines is 1. The first kappa shape index (κ1) is 20.4. The molecule has 0 aliphatic carbocycles. The summed E-state index contributed by atoms with van der Waals surface area (Å²) in [6, 6.07) is 15.2. The van der Waals surface area contributed by atoms with Crippen molar-refractivity contribution in [3.8, 4) is 5.75 Å². The molecule has 0 saturated carbocycles. The summed E-state index contributed by atoms with van der Waals surface area (Å²) in [5, 5.41) is 3.19. The predicted molar refractivity (Wildman–Crippen MR) is 112 cm³/mol. The van der Waals surface area contributed by atoms with Gasteiger partial charge in [-0.3, -0.25) is 18.7 Å². The Morgan fingerprint density at radius 3 is 2.48 bits per heavy atom. The van der Waals surface area contributed by atoms with Crippen molar-refractivity contribution in [2.24, 2.45) is 0 Å². The van der Waals surface area contributed by atoms with Gasteiger partial charge in [-0.15, -0.1) is 0 Å². The number of rotatable bonds is 7. The van der Waals surface area contributed by atoms with Crippen molar-refractivity contribution in [3.05, 3.63) is 92.2 Å². The Morgan fingerprint density at radius 1 is 1.07 bits per heavy atom. The van der Waals surface area contributed by atoms with Crippen LogP contribution < -0.4 is 21.3 Å². The second kappa shape index (κ2) is 9.25. The molecule has 29 heavy (non-hydrogen) atoms. The molecule has 3 rings (SSSR count). The quantitative estimate of drug-likeness (QED) is 0.645. The number of carbonyl (C=O) groups excluding carboxylic acids is 1. The minimum Gasteiger partial charge on any atom is -0.494 e. The number of nitrogens with zero attached hydrogens (tertiary/aromatic N) is 2. The molecule has 0 spiro atoms. The zero-order valence-electron chi connectivity index (χ0n) is 15.8. The Morgan fingerprint density at radius 2 is 1.79 bits per heavy atom. The number of nitrogens with one attached hydrogen (secondary N) is 1. The topological polar surface area (TPSA) is 82.3 Å². The third-order valence-corrected chi connectivity index (χ3v) is 4.56. The van der Waals surface area contributed by atoms with E-state index in [0.717, 1.165) is 10.1 Å². The molecule has 0 aliphatic heterocycles. The summed E-state index contributed by atoms with van der Waals surface area (Å²) in [5.41, 5.74) is 0.144. The third-order valence-electron chi connectivity index (χ3n) is 4.19. The molecule has 0 radical (unpaired) electrons. The molecule has 1 amide bonds. The van der Waals surface area contributed by atoms with Gasteiger partial charge in [-0.2, -0.15) is 0 Å². The fourth-order valence-corrected chi connectivity index (χ4v) is 2.97. The monoisotopic (exact) mass is 413 g/mol. The van der Waals surface area contributed by atoms with Crippen molar-refractivity contribution in [1.82, 2.24) is 9.13 Å². The van der Waals surface area contributed by atoms with Gasteiger partial charge in [0, 0.05) is 23.0 Å². The summed E-state index contributed by atoms with van der Waals surface area (Å²) in [7, 11) is 0. The molecule has 3 aromatic rings. The van der Waals surface area contributed by atoms with Gasteiger partial charge in [-0.1, -0.05) is 29.8 Å². The Balaban J connectivity index is 1.76. The highest BCUT2D eigenvalue weighted by atomic mass is 35.5. The fourth-order valence-electron chi connectivity index (χ4n) is 2.78. The van der Waals surface area contributed by atoms with Gasteiger partial charge < -0.3 is 10.1 Å². The van der Waals surface area contributed by atoms with Crippen LogP contribution in [0.3, 0.4) is 0 Å². The molecule has 8 heteroatoms. The fraction of sp³-hybridized carbons (Fsp3) is 0.190. The molecular weight excluding hydrogens is 394 g/mol. The zero-order valence-corrected chi connectivity index (χ0v) is 16.6. The SMILES string of the molecule is CCOc1ccc(NC(=O)Cn2c(=O)ccn(Cc3ccccc3Cl)c2=O)cc1. The first-order chi connectivity index (χ1) is 14.0. The average Bonchev–Trinajstić information content (AvgIpc) is 2.70. The van der Waals surface area contributed by atoms with Crippen molar-refractivity contribution in [3.63, 3.8) is 0 Å². The third kappa shape index (κ3) is 5.14. The van der Waals surface area contributed by atoms with Gasteiger partial charge in [0.05, 0.1) is 13.2 Å². The van der Waals surface area contributed by atoms with Crippen LogP contribution in [0.4, 0.5) is 5.69 Å². The summed E-state index contributed by atoms with van der Waals surface area (Å²) in [6.07, 6.45) is 1.40. The van der Waals surface area contributed by atoms with Gasteiger partial charge in [0.25, 0.3) is 5.56 Å². The molecule has 0 atom stereocenters. The van der Waals surface area contributed by atoms with E-state index in [1.807, 2.05) is 13.0 Å². The van der Waals surface area contributed by atoms with E-state index in [-0.39, 0.29) is 6.54 Å². The van der Waals surface area contributed by atoms with E-state index in [2.05, 4.69) is 5.32 Å². The van der Waals surface area contributed by atoms with Crippen LogP contribution >= 0.6 is 11.6 Å². The van der Waals surface area contributed by atoms with Crippen LogP contribution in [0.15, 0.2) is 70.4 Å². The van der Waals surface area contributed by atoms with Gasteiger partial charge >= 0.3 is 5.69 Å². The van der Waals surface area contributed by atoms with Crippen LogP contribution in [0.25, 0.3) is 0 Å². The molecule has 1 aromatic heterocycles. The Labute approximate surface area is 172 Å². The van der Waals surface area contributed by atoms with Crippen molar-refractivity contribution in [1.29, 1.82) is 0 Å².